The van der Waals surface area contributed by atoms with Gasteiger partial charge in [0.15, 0.2) is 0 Å². The summed E-state index contributed by atoms with van der Waals surface area (Å²) in [5, 5.41) is 0.530. The minimum absolute atomic E-state index is 0.0910. The maximum atomic E-state index is 12.8. The number of nitrogens with two attached hydrogens (primary N) is 1. The lowest BCUT2D eigenvalue weighted by Crippen LogP contribution is -2.38. The molecule has 0 aliphatic carbocycles. The Morgan fingerprint density at radius 2 is 1.86 bits per heavy atom. The zero-order valence-corrected chi connectivity index (χ0v) is 8.56. The van der Waals surface area contributed by atoms with Crippen LogP contribution in [0, 0.1) is 0 Å². The SMILES string of the molecule is CC(CN)(c1ccc(Cl)cc1)C(F)F. The number of rotatable bonds is 3. The second kappa shape index (κ2) is 4.24. The molecule has 0 fully saturated rings. The summed E-state index contributed by atoms with van der Waals surface area (Å²) in [6, 6.07) is 6.35. The fourth-order valence-electron chi connectivity index (χ4n) is 1.16. The van der Waals surface area contributed by atoms with Gasteiger partial charge >= 0.3 is 0 Å². The van der Waals surface area contributed by atoms with Crippen LogP contribution in [0.3, 0.4) is 0 Å². The summed E-state index contributed by atoms with van der Waals surface area (Å²) in [7, 11) is 0. The van der Waals surface area contributed by atoms with Crippen LogP contribution in [0.2, 0.25) is 5.02 Å². The Morgan fingerprint density at radius 1 is 1.36 bits per heavy atom. The summed E-state index contributed by atoms with van der Waals surface area (Å²) in [5.74, 6) is 0. The van der Waals surface area contributed by atoms with Crippen molar-refractivity contribution in [1.82, 2.24) is 0 Å². The van der Waals surface area contributed by atoms with E-state index in [4.69, 9.17) is 17.3 Å². The molecule has 1 aromatic carbocycles. The van der Waals surface area contributed by atoms with Crippen LogP contribution in [0.1, 0.15) is 12.5 Å². The van der Waals surface area contributed by atoms with E-state index in [9.17, 15) is 8.78 Å². The van der Waals surface area contributed by atoms with E-state index >= 15 is 0 Å². The number of hydrogen-bond acceptors (Lipinski definition) is 1. The fourth-order valence-corrected chi connectivity index (χ4v) is 1.29. The minimum Gasteiger partial charge on any atom is -0.329 e. The van der Waals surface area contributed by atoms with E-state index < -0.39 is 11.8 Å². The second-order valence-corrected chi connectivity index (χ2v) is 3.87. The van der Waals surface area contributed by atoms with Gasteiger partial charge < -0.3 is 5.73 Å². The van der Waals surface area contributed by atoms with Gasteiger partial charge in [-0.3, -0.25) is 0 Å². The third-order valence-corrected chi connectivity index (χ3v) is 2.66. The van der Waals surface area contributed by atoms with Crippen molar-refractivity contribution >= 4 is 11.6 Å². The largest absolute Gasteiger partial charge is 0.329 e. The molecule has 0 saturated heterocycles. The van der Waals surface area contributed by atoms with Crippen LogP contribution < -0.4 is 5.73 Å². The molecule has 0 bridgehead atoms. The standard InChI is InChI=1S/C10H12ClF2N/c1-10(6-14,9(12)13)7-2-4-8(11)5-3-7/h2-5,9H,6,14H2,1H3. The van der Waals surface area contributed by atoms with E-state index in [1.165, 1.54) is 6.92 Å². The molecule has 0 heterocycles. The molecule has 1 aromatic rings. The summed E-state index contributed by atoms with van der Waals surface area (Å²) in [6.45, 7) is 1.35. The minimum atomic E-state index is -2.48. The topological polar surface area (TPSA) is 26.0 Å². The second-order valence-electron chi connectivity index (χ2n) is 3.43. The van der Waals surface area contributed by atoms with Crippen molar-refractivity contribution in [2.24, 2.45) is 5.73 Å². The number of benzene rings is 1. The molecule has 0 saturated carbocycles. The van der Waals surface area contributed by atoms with Crippen molar-refractivity contribution in [3.63, 3.8) is 0 Å². The average Bonchev–Trinajstić information content (AvgIpc) is 2.17. The number of hydrogen-bond donors (Lipinski definition) is 1. The van der Waals surface area contributed by atoms with Crippen LogP contribution in [-0.4, -0.2) is 13.0 Å². The van der Waals surface area contributed by atoms with Crippen LogP contribution in [0.25, 0.3) is 0 Å². The molecular formula is C10H12ClF2N. The Balaban J connectivity index is 3.06. The van der Waals surface area contributed by atoms with Gasteiger partial charge in [0.2, 0.25) is 6.43 Å². The Bertz CT molecular complexity index is 299. The van der Waals surface area contributed by atoms with Gasteiger partial charge in [0, 0.05) is 11.6 Å². The van der Waals surface area contributed by atoms with E-state index in [0.717, 1.165) is 0 Å². The molecule has 0 aromatic heterocycles. The van der Waals surface area contributed by atoms with Crippen LogP contribution in [0.15, 0.2) is 24.3 Å². The Morgan fingerprint density at radius 3 is 2.21 bits per heavy atom. The maximum Gasteiger partial charge on any atom is 0.249 e. The summed E-state index contributed by atoms with van der Waals surface area (Å²) >= 11 is 5.67. The molecule has 0 amide bonds. The molecule has 78 valence electrons. The summed E-state index contributed by atoms with van der Waals surface area (Å²) < 4.78 is 25.5. The van der Waals surface area contributed by atoms with Gasteiger partial charge in [-0.05, 0) is 24.6 Å². The van der Waals surface area contributed by atoms with Gasteiger partial charge in [-0.25, -0.2) is 8.78 Å². The van der Waals surface area contributed by atoms with Gasteiger partial charge in [-0.1, -0.05) is 23.7 Å². The molecule has 2 N–H and O–H groups in total. The van der Waals surface area contributed by atoms with Gasteiger partial charge in [0.05, 0.1) is 5.41 Å². The first-order valence-electron chi connectivity index (χ1n) is 4.25. The van der Waals surface area contributed by atoms with Crippen molar-refractivity contribution in [2.45, 2.75) is 18.8 Å². The van der Waals surface area contributed by atoms with Gasteiger partial charge in [-0.2, -0.15) is 0 Å². The first-order chi connectivity index (χ1) is 6.50. The molecule has 1 nitrogen and oxygen atoms in total. The third-order valence-electron chi connectivity index (χ3n) is 2.41. The highest BCUT2D eigenvalue weighted by molar-refractivity contribution is 6.30. The summed E-state index contributed by atoms with van der Waals surface area (Å²) in [6.07, 6.45) is -2.48. The molecule has 14 heavy (non-hydrogen) atoms. The smallest absolute Gasteiger partial charge is 0.249 e. The maximum absolute atomic E-state index is 12.8. The highest BCUT2D eigenvalue weighted by Gasteiger charge is 2.35. The molecule has 0 aliphatic rings. The van der Waals surface area contributed by atoms with Crippen LogP contribution >= 0.6 is 11.6 Å². The summed E-state index contributed by atoms with van der Waals surface area (Å²) in [5.41, 5.74) is 4.59. The van der Waals surface area contributed by atoms with Crippen LogP contribution in [0.5, 0.6) is 0 Å². The van der Waals surface area contributed by atoms with Crippen molar-refractivity contribution in [1.29, 1.82) is 0 Å². The lowest BCUT2D eigenvalue weighted by molar-refractivity contribution is 0.0638. The molecule has 0 spiro atoms. The van der Waals surface area contributed by atoms with E-state index in [1.54, 1.807) is 24.3 Å². The molecule has 1 rings (SSSR count). The van der Waals surface area contributed by atoms with E-state index in [2.05, 4.69) is 0 Å². The van der Waals surface area contributed by atoms with Crippen LogP contribution in [0.4, 0.5) is 8.78 Å². The fraction of sp³-hybridized carbons (Fsp3) is 0.400. The normalized spacial score (nSPS) is 15.6. The van der Waals surface area contributed by atoms with Crippen molar-refractivity contribution < 1.29 is 8.78 Å². The first kappa shape index (κ1) is 11.4. The van der Waals surface area contributed by atoms with Gasteiger partial charge in [-0.15, -0.1) is 0 Å². The van der Waals surface area contributed by atoms with E-state index in [0.29, 0.717) is 10.6 Å². The predicted octanol–water partition coefficient (Wildman–Crippen LogP) is 2.82. The lowest BCUT2D eigenvalue weighted by Gasteiger charge is -2.27. The highest BCUT2D eigenvalue weighted by atomic mass is 35.5. The average molecular weight is 220 g/mol. The Labute approximate surface area is 86.9 Å². The molecule has 0 aliphatic heterocycles. The Kier molecular flexibility index (Phi) is 3.45. The highest BCUT2D eigenvalue weighted by Crippen LogP contribution is 2.30. The van der Waals surface area contributed by atoms with Crippen molar-refractivity contribution in [3.8, 4) is 0 Å². The van der Waals surface area contributed by atoms with Crippen LogP contribution in [-0.2, 0) is 5.41 Å². The molecule has 1 atom stereocenters. The number of halogens is 3. The van der Waals surface area contributed by atoms with Gasteiger partial charge in [0.25, 0.3) is 0 Å². The Hall–Kier alpha value is -0.670. The lowest BCUT2D eigenvalue weighted by atomic mass is 9.83. The molecule has 0 radical (unpaired) electrons. The molecular weight excluding hydrogens is 208 g/mol. The molecule has 1 unspecified atom stereocenters. The van der Waals surface area contributed by atoms with Crippen molar-refractivity contribution in [3.05, 3.63) is 34.9 Å². The van der Waals surface area contributed by atoms with E-state index in [-0.39, 0.29) is 6.54 Å². The summed E-state index contributed by atoms with van der Waals surface area (Å²) in [4.78, 5) is 0. The first-order valence-corrected chi connectivity index (χ1v) is 4.63. The van der Waals surface area contributed by atoms with E-state index in [1.807, 2.05) is 0 Å². The van der Waals surface area contributed by atoms with Crippen molar-refractivity contribution in [2.75, 3.05) is 6.54 Å². The predicted molar refractivity (Wildman–Crippen MR) is 53.9 cm³/mol. The molecule has 4 heteroatoms. The zero-order valence-electron chi connectivity index (χ0n) is 7.81. The number of alkyl halides is 2. The third kappa shape index (κ3) is 2.04. The van der Waals surface area contributed by atoms with Gasteiger partial charge in [0.1, 0.15) is 0 Å². The quantitative estimate of drug-likeness (QED) is 0.831. The monoisotopic (exact) mass is 219 g/mol. The zero-order chi connectivity index (χ0) is 10.8.